The van der Waals surface area contributed by atoms with Crippen molar-refractivity contribution in [1.29, 1.82) is 0 Å². The van der Waals surface area contributed by atoms with E-state index in [1.165, 1.54) is 24.0 Å². The molecule has 0 aromatic heterocycles. The Morgan fingerprint density at radius 2 is 1.12 bits per heavy atom. The molecular weight excluding hydrogens is 614 g/mol. The highest BCUT2D eigenvalue weighted by Crippen LogP contribution is 2.24. The van der Waals surface area contributed by atoms with Gasteiger partial charge in [0.15, 0.2) is 0 Å². The fraction of sp³-hybridized carbons (Fsp3) is 0.462. The maximum Gasteiger partial charge on any atom is 0.410 e. The van der Waals surface area contributed by atoms with Gasteiger partial charge in [-0.2, -0.15) is 0 Å². The van der Waals surface area contributed by atoms with Crippen LogP contribution in [0.15, 0.2) is 60.7 Å². The zero-order chi connectivity index (χ0) is 30.9. The summed E-state index contributed by atoms with van der Waals surface area (Å²) in [7, 11) is 0.576. The Morgan fingerprint density at radius 3 is 1.43 bits per heavy atom. The molecule has 4 atom stereocenters. The first kappa shape index (κ1) is 33.6. The van der Waals surface area contributed by atoms with E-state index in [-0.39, 0.29) is 39.4 Å². The average molecular weight is 648 g/mol. The molecule has 2 aromatic rings. The number of ether oxygens (including phenoxy) is 4. The van der Waals surface area contributed by atoms with E-state index < -0.39 is 54.0 Å². The second kappa shape index (κ2) is 15.0. The third-order valence-electron chi connectivity index (χ3n) is 6.75. The summed E-state index contributed by atoms with van der Waals surface area (Å²) in [5.41, 5.74) is 1.71. The normalized spacial score (nSPS) is 22.3. The monoisotopic (exact) mass is 647 g/mol. The number of hydrogen-bond donors (Lipinski definition) is 1. The maximum absolute atomic E-state index is 12.0. The summed E-state index contributed by atoms with van der Waals surface area (Å²) in [5.74, 6) is 0. The summed E-state index contributed by atoms with van der Waals surface area (Å²) >= 11 is 0. The Kier molecular flexibility index (Phi) is 12.0. The molecule has 2 aromatic carbocycles. The lowest BCUT2D eigenvalue weighted by atomic mass is 10.2. The van der Waals surface area contributed by atoms with E-state index in [9.17, 15) is 26.4 Å². The van der Waals surface area contributed by atoms with Crippen molar-refractivity contribution in [2.45, 2.75) is 35.9 Å². The number of rotatable bonds is 8. The van der Waals surface area contributed by atoms with Crippen molar-refractivity contribution in [2.24, 2.45) is 5.14 Å². The van der Waals surface area contributed by atoms with Crippen LogP contribution in [0.2, 0.25) is 0 Å². The third kappa shape index (κ3) is 9.54. The van der Waals surface area contributed by atoms with Gasteiger partial charge < -0.3 is 28.7 Å². The van der Waals surface area contributed by atoms with Crippen molar-refractivity contribution in [2.75, 3.05) is 40.4 Å². The summed E-state index contributed by atoms with van der Waals surface area (Å²) in [6, 6.07) is 18.4. The van der Waals surface area contributed by atoms with Gasteiger partial charge in [0.2, 0.25) is 19.1 Å². The smallest absolute Gasteiger partial charge is 0.410 e. The number of nitrogens with zero attached hydrogens (tertiary/aromatic N) is 2. The third-order valence-corrected chi connectivity index (χ3v) is 9.91. The lowest BCUT2D eigenvalue weighted by Gasteiger charge is -2.15. The number of amides is 2. The average Bonchev–Trinajstić information content (AvgIpc) is 3.61. The number of methoxy groups -OCH3 is 2. The van der Waals surface area contributed by atoms with Crippen molar-refractivity contribution in [1.82, 2.24) is 9.80 Å². The highest BCUT2D eigenvalue weighted by Gasteiger charge is 2.44. The van der Waals surface area contributed by atoms with Gasteiger partial charge in [-0.3, -0.25) is 0 Å². The van der Waals surface area contributed by atoms with E-state index in [1.807, 2.05) is 60.7 Å². The minimum atomic E-state index is -3.80. The van der Waals surface area contributed by atoms with Crippen molar-refractivity contribution in [3.05, 3.63) is 71.8 Å². The first-order chi connectivity index (χ1) is 19.8. The Labute approximate surface area is 249 Å². The Bertz CT molecular complexity index is 1290. The number of primary sulfonamides is 1. The fourth-order valence-electron chi connectivity index (χ4n) is 4.45. The van der Waals surface area contributed by atoms with Crippen LogP contribution in [0.1, 0.15) is 11.1 Å². The standard InChI is InChI=1S/C13H16ClNO5S.C13H18N2O5S/c2*1-19-11-7-15(8-12(11)21(14,17)18)13(16)20-9-10-5-3-2-4-6-10/h2-6,11-12H,7-9H2,1H3;2-6,11-12H,7-9H2,1H3,(H2,14,17,18). The second-order valence-corrected chi connectivity index (χ2v) is 14.2. The van der Waals surface area contributed by atoms with Gasteiger partial charge in [-0.05, 0) is 11.1 Å². The van der Waals surface area contributed by atoms with E-state index in [1.54, 1.807) is 0 Å². The summed E-state index contributed by atoms with van der Waals surface area (Å²) in [6.45, 7) is 0.495. The predicted molar refractivity (Wildman–Crippen MR) is 153 cm³/mol. The van der Waals surface area contributed by atoms with Gasteiger partial charge in [-0.1, -0.05) is 60.7 Å². The molecule has 0 saturated carbocycles. The van der Waals surface area contributed by atoms with Gasteiger partial charge in [0, 0.05) is 38.0 Å². The molecule has 42 heavy (non-hydrogen) atoms. The van der Waals surface area contributed by atoms with Gasteiger partial charge >= 0.3 is 12.2 Å². The fourth-order valence-corrected chi connectivity index (χ4v) is 6.88. The molecule has 2 aliphatic rings. The maximum atomic E-state index is 12.0. The predicted octanol–water partition coefficient (Wildman–Crippen LogP) is 1.90. The van der Waals surface area contributed by atoms with Crippen LogP contribution in [0.4, 0.5) is 9.59 Å². The van der Waals surface area contributed by atoms with Gasteiger partial charge in [-0.15, -0.1) is 0 Å². The molecule has 0 aliphatic carbocycles. The minimum Gasteiger partial charge on any atom is -0.445 e. The quantitative estimate of drug-likeness (QED) is 0.417. The number of nitrogens with two attached hydrogens (primary N) is 1. The van der Waals surface area contributed by atoms with Gasteiger partial charge in [0.25, 0.3) is 0 Å². The van der Waals surface area contributed by atoms with Crippen LogP contribution in [0.25, 0.3) is 0 Å². The number of carbonyl (C=O) groups excluding carboxylic acids is 2. The van der Waals surface area contributed by atoms with E-state index in [4.69, 9.17) is 34.8 Å². The van der Waals surface area contributed by atoms with E-state index in [0.29, 0.717) is 0 Å². The van der Waals surface area contributed by atoms with Crippen LogP contribution >= 0.6 is 10.7 Å². The first-order valence-electron chi connectivity index (χ1n) is 12.8. The molecule has 232 valence electrons. The first-order valence-corrected chi connectivity index (χ1v) is 16.7. The van der Waals surface area contributed by atoms with Crippen molar-refractivity contribution >= 4 is 41.9 Å². The Hall–Kier alpha value is -2.95. The lowest BCUT2D eigenvalue weighted by Crippen LogP contribution is -2.38. The molecule has 4 unspecified atom stereocenters. The van der Waals surface area contributed by atoms with Crippen molar-refractivity contribution in [3.63, 3.8) is 0 Å². The summed E-state index contributed by atoms with van der Waals surface area (Å²) in [4.78, 5) is 26.5. The molecule has 2 amide bonds. The number of sulfonamides is 1. The molecular formula is C26H34ClN3O10S2. The number of hydrogen-bond acceptors (Lipinski definition) is 10. The second-order valence-electron chi connectivity index (χ2n) is 9.58. The van der Waals surface area contributed by atoms with Gasteiger partial charge in [0.05, 0.1) is 25.3 Å². The van der Waals surface area contributed by atoms with Crippen molar-refractivity contribution < 1.29 is 45.4 Å². The minimum absolute atomic E-state index is 0.0229. The summed E-state index contributed by atoms with van der Waals surface area (Å²) in [6.07, 6.45) is -2.43. The largest absolute Gasteiger partial charge is 0.445 e. The Morgan fingerprint density at radius 1 is 0.738 bits per heavy atom. The molecule has 2 heterocycles. The van der Waals surface area contributed by atoms with E-state index in [0.717, 1.165) is 11.1 Å². The number of carbonyl (C=O) groups is 2. The molecule has 2 N–H and O–H groups in total. The zero-order valence-electron chi connectivity index (χ0n) is 23.1. The van der Waals surface area contributed by atoms with Gasteiger partial charge in [-0.25, -0.2) is 31.6 Å². The number of halogens is 1. The summed E-state index contributed by atoms with van der Waals surface area (Å²) < 4.78 is 66.3. The lowest BCUT2D eigenvalue weighted by molar-refractivity contribution is 0.0850. The summed E-state index contributed by atoms with van der Waals surface area (Å²) in [5, 5.41) is 3.29. The molecule has 0 radical (unpaired) electrons. The van der Waals surface area contributed by atoms with Crippen LogP contribution in [-0.4, -0.2) is 102 Å². The molecule has 2 saturated heterocycles. The molecule has 2 aliphatic heterocycles. The molecule has 16 heteroatoms. The van der Waals surface area contributed by atoms with E-state index in [2.05, 4.69) is 0 Å². The van der Waals surface area contributed by atoms with Crippen molar-refractivity contribution in [3.8, 4) is 0 Å². The topological polar surface area (TPSA) is 172 Å². The number of benzene rings is 2. The highest BCUT2D eigenvalue weighted by molar-refractivity contribution is 8.14. The SMILES string of the molecule is COC1CN(C(=O)OCc2ccccc2)CC1S(=O)(=O)Cl.COC1CN(C(=O)OCc2ccccc2)CC1S(N)(=O)=O. The molecule has 2 fully saturated rings. The van der Waals surface area contributed by atoms with Crippen LogP contribution in [0.3, 0.4) is 0 Å². The van der Waals surface area contributed by atoms with Crippen LogP contribution < -0.4 is 5.14 Å². The molecule has 4 rings (SSSR count). The van der Waals surface area contributed by atoms with Gasteiger partial charge in [0.1, 0.15) is 23.7 Å². The molecule has 0 bridgehead atoms. The van der Waals surface area contributed by atoms with Crippen LogP contribution in [-0.2, 0) is 51.2 Å². The van der Waals surface area contributed by atoms with Crippen LogP contribution in [0, 0.1) is 0 Å². The Balaban J connectivity index is 0.000000230. The zero-order valence-corrected chi connectivity index (χ0v) is 25.5. The molecule has 0 spiro atoms. The number of likely N-dealkylation sites (tertiary alicyclic amines) is 2. The highest BCUT2D eigenvalue weighted by atomic mass is 35.7. The van der Waals surface area contributed by atoms with E-state index >= 15 is 0 Å². The van der Waals surface area contributed by atoms with Crippen LogP contribution in [0.5, 0.6) is 0 Å². The molecule has 13 nitrogen and oxygen atoms in total.